The average Bonchev–Trinajstić information content (AvgIpc) is 3.34. The zero-order chi connectivity index (χ0) is 19.2. The number of carbonyl (C=O) groups is 3. The van der Waals surface area contributed by atoms with Gasteiger partial charge in [0.1, 0.15) is 0 Å². The molecule has 6 heteroatoms. The van der Waals surface area contributed by atoms with Crippen LogP contribution in [-0.2, 0) is 10.3 Å². The van der Waals surface area contributed by atoms with Crippen LogP contribution in [0.4, 0.5) is 5.69 Å². The van der Waals surface area contributed by atoms with E-state index in [0.29, 0.717) is 34.5 Å². The van der Waals surface area contributed by atoms with Gasteiger partial charge < -0.3 is 5.32 Å². The van der Waals surface area contributed by atoms with E-state index in [1.54, 1.807) is 24.3 Å². The number of hydrogen-bond acceptors (Lipinski definition) is 4. The Labute approximate surface area is 169 Å². The van der Waals surface area contributed by atoms with E-state index in [1.165, 1.54) is 0 Å². The van der Waals surface area contributed by atoms with E-state index in [0.717, 1.165) is 22.9 Å². The highest BCUT2D eigenvalue weighted by molar-refractivity contribution is 9.10. The van der Waals surface area contributed by atoms with Crippen molar-refractivity contribution in [2.24, 2.45) is 0 Å². The number of amides is 1. The van der Waals surface area contributed by atoms with Crippen molar-refractivity contribution in [3.63, 3.8) is 0 Å². The number of halogens is 1. The molecule has 1 spiro atoms. The Bertz CT molecular complexity index is 1170. The van der Waals surface area contributed by atoms with Crippen LogP contribution in [0, 0.1) is 0 Å². The van der Waals surface area contributed by atoms with E-state index < -0.39 is 5.54 Å². The summed E-state index contributed by atoms with van der Waals surface area (Å²) in [5, 5.41) is 2.97. The van der Waals surface area contributed by atoms with Crippen LogP contribution in [0.2, 0.25) is 0 Å². The molecular weight excluding hydrogens is 420 g/mol. The Morgan fingerprint density at radius 1 is 1.04 bits per heavy atom. The molecule has 2 aromatic rings. The standard InChI is InChI=1S/C22H15BrN2O3/c23-11-7-8-14-15(10-11)24-21(28)22(14)18-17(16-6-3-9-25(16)22)19(26)12-4-1-2-5-13(12)20(18)27/h1-2,4-5,7-8,10,16H,3,6,9H2,(H,24,28)/t16-,22+/m1/s1. The van der Waals surface area contributed by atoms with E-state index in [1.807, 2.05) is 18.2 Å². The maximum Gasteiger partial charge on any atom is 0.254 e. The molecule has 4 aliphatic rings. The first-order valence-electron chi connectivity index (χ1n) is 9.36. The molecule has 28 heavy (non-hydrogen) atoms. The molecule has 6 rings (SSSR count). The number of rotatable bonds is 0. The number of fused-ring (bicyclic) bond motifs is 7. The first-order valence-corrected chi connectivity index (χ1v) is 10.2. The first-order chi connectivity index (χ1) is 13.5. The van der Waals surface area contributed by atoms with Gasteiger partial charge in [-0.1, -0.05) is 46.3 Å². The number of benzene rings is 2. The third-order valence-corrected chi connectivity index (χ3v) is 6.98. The molecule has 1 amide bonds. The Kier molecular flexibility index (Phi) is 3.09. The molecule has 0 aromatic heterocycles. The van der Waals surface area contributed by atoms with Crippen molar-refractivity contribution >= 4 is 39.1 Å². The monoisotopic (exact) mass is 434 g/mol. The summed E-state index contributed by atoms with van der Waals surface area (Å²) >= 11 is 3.45. The molecule has 0 saturated carbocycles. The van der Waals surface area contributed by atoms with Gasteiger partial charge in [0.25, 0.3) is 5.91 Å². The number of nitrogens with zero attached hydrogens (tertiary/aromatic N) is 1. The fourth-order valence-electron chi connectivity index (χ4n) is 5.49. The molecule has 0 radical (unpaired) electrons. The highest BCUT2D eigenvalue weighted by Crippen LogP contribution is 2.57. The molecule has 138 valence electrons. The lowest BCUT2D eigenvalue weighted by Crippen LogP contribution is -2.51. The van der Waals surface area contributed by atoms with Crippen molar-refractivity contribution in [3.8, 4) is 0 Å². The summed E-state index contributed by atoms with van der Waals surface area (Å²) in [5.41, 5.74) is 1.96. The summed E-state index contributed by atoms with van der Waals surface area (Å²) in [6.45, 7) is 0.678. The van der Waals surface area contributed by atoms with E-state index in [9.17, 15) is 14.4 Å². The highest BCUT2D eigenvalue weighted by Gasteiger charge is 2.66. The maximum atomic E-state index is 13.6. The van der Waals surface area contributed by atoms with Gasteiger partial charge in [-0.05, 0) is 25.0 Å². The van der Waals surface area contributed by atoms with Crippen molar-refractivity contribution < 1.29 is 14.4 Å². The van der Waals surface area contributed by atoms with Crippen LogP contribution >= 0.6 is 15.9 Å². The lowest BCUT2D eigenvalue weighted by molar-refractivity contribution is -0.124. The van der Waals surface area contributed by atoms with Gasteiger partial charge >= 0.3 is 0 Å². The number of ketones is 2. The molecule has 1 aliphatic carbocycles. The minimum atomic E-state index is -1.22. The van der Waals surface area contributed by atoms with Gasteiger partial charge in [0.05, 0.1) is 0 Å². The Morgan fingerprint density at radius 3 is 2.57 bits per heavy atom. The molecule has 3 heterocycles. The van der Waals surface area contributed by atoms with Crippen molar-refractivity contribution in [1.82, 2.24) is 4.90 Å². The van der Waals surface area contributed by atoms with Crippen molar-refractivity contribution in [2.75, 3.05) is 11.9 Å². The molecule has 1 fully saturated rings. The third kappa shape index (κ3) is 1.69. The normalized spacial score (nSPS) is 27.8. The molecule has 0 bridgehead atoms. The quantitative estimate of drug-likeness (QED) is 0.689. The van der Waals surface area contributed by atoms with Crippen LogP contribution in [0.15, 0.2) is 58.1 Å². The van der Waals surface area contributed by atoms with Crippen molar-refractivity contribution in [3.05, 3.63) is 74.8 Å². The smallest absolute Gasteiger partial charge is 0.254 e. The second-order valence-corrected chi connectivity index (χ2v) is 8.61. The van der Waals surface area contributed by atoms with Gasteiger partial charge in [-0.3, -0.25) is 19.3 Å². The van der Waals surface area contributed by atoms with E-state index in [-0.39, 0.29) is 23.5 Å². The topological polar surface area (TPSA) is 66.5 Å². The lowest BCUT2D eigenvalue weighted by Gasteiger charge is -2.35. The largest absolute Gasteiger partial charge is 0.323 e. The van der Waals surface area contributed by atoms with Crippen LogP contribution in [0.3, 0.4) is 0 Å². The van der Waals surface area contributed by atoms with Gasteiger partial charge in [0.2, 0.25) is 0 Å². The molecule has 2 aromatic carbocycles. The average molecular weight is 435 g/mol. The first kappa shape index (κ1) is 16.4. The molecule has 3 aliphatic heterocycles. The van der Waals surface area contributed by atoms with Gasteiger partial charge in [0.15, 0.2) is 17.1 Å². The molecule has 1 N–H and O–H groups in total. The molecule has 2 atom stereocenters. The summed E-state index contributed by atoms with van der Waals surface area (Å²) in [4.78, 5) is 42.6. The summed E-state index contributed by atoms with van der Waals surface area (Å²) in [6, 6.07) is 12.4. The number of Topliss-reactive ketones (excluding diaryl/α,β-unsaturated/α-hetero) is 2. The molecule has 5 nitrogen and oxygen atoms in total. The third-order valence-electron chi connectivity index (χ3n) is 6.48. The summed E-state index contributed by atoms with van der Waals surface area (Å²) in [7, 11) is 0. The fourth-order valence-corrected chi connectivity index (χ4v) is 5.85. The van der Waals surface area contributed by atoms with Crippen LogP contribution in [0.1, 0.15) is 39.1 Å². The van der Waals surface area contributed by atoms with Crippen molar-refractivity contribution in [1.29, 1.82) is 0 Å². The van der Waals surface area contributed by atoms with Crippen LogP contribution in [-0.4, -0.2) is 35.0 Å². The predicted molar refractivity (Wildman–Crippen MR) is 106 cm³/mol. The zero-order valence-corrected chi connectivity index (χ0v) is 16.4. The predicted octanol–water partition coefficient (Wildman–Crippen LogP) is 3.45. The van der Waals surface area contributed by atoms with E-state index in [2.05, 4.69) is 26.1 Å². The van der Waals surface area contributed by atoms with E-state index >= 15 is 0 Å². The zero-order valence-electron chi connectivity index (χ0n) is 14.8. The highest BCUT2D eigenvalue weighted by atomic mass is 79.9. The van der Waals surface area contributed by atoms with Crippen LogP contribution in [0.25, 0.3) is 0 Å². The minimum absolute atomic E-state index is 0.114. The molecule has 0 unspecified atom stereocenters. The summed E-state index contributed by atoms with van der Waals surface area (Å²) < 4.78 is 0.852. The fraction of sp³-hybridized carbons (Fsp3) is 0.227. The maximum absolute atomic E-state index is 13.6. The summed E-state index contributed by atoms with van der Waals surface area (Å²) in [5.74, 6) is -0.555. The second kappa shape index (κ2) is 5.27. The van der Waals surface area contributed by atoms with E-state index in [4.69, 9.17) is 0 Å². The van der Waals surface area contributed by atoms with Gasteiger partial charge in [-0.2, -0.15) is 0 Å². The lowest BCUT2D eigenvalue weighted by atomic mass is 9.74. The summed E-state index contributed by atoms with van der Waals surface area (Å²) in [6.07, 6.45) is 1.67. The molecular formula is C22H15BrN2O3. The SMILES string of the molecule is O=C1C2=C(C(=O)c3ccccc31)[C@@]1(C(=O)Nc3cc(Br)ccc31)N1CCC[C@H]21. The number of nitrogens with one attached hydrogen (secondary N) is 1. The number of carbonyl (C=O) groups excluding carboxylic acids is 3. The van der Waals surface area contributed by atoms with Gasteiger partial charge in [-0.25, -0.2) is 0 Å². The van der Waals surface area contributed by atoms with Crippen molar-refractivity contribution in [2.45, 2.75) is 24.4 Å². The number of hydrogen-bond donors (Lipinski definition) is 1. The molecule has 1 saturated heterocycles. The van der Waals surface area contributed by atoms with Gasteiger partial charge in [-0.15, -0.1) is 0 Å². The Morgan fingerprint density at radius 2 is 1.79 bits per heavy atom. The van der Waals surface area contributed by atoms with Gasteiger partial charge in [0, 0.05) is 50.6 Å². The van der Waals surface area contributed by atoms with Crippen LogP contribution in [0.5, 0.6) is 0 Å². The van der Waals surface area contributed by atoms with Crippen LogP contribution < -0.4 is 5.32 Å². The number of anilines is 1. The minimum Gasteiger partial charge on any atom is -0.323 e. The Hall–Kier alpha value is -2.57. The Balaban J connectivity index is 1.70. The second-order valence-electron chi connectivity index (χ2n) is 7.70.